The average Bonchev–Trinajstić information content (AvgIpc) is 1.68. The predicted octanol–water partition coefficient (Wildman–Crippen LogP) is 1.11. The first-order chi connectivity index (χ1) is 3.31. The van der Waals surface area contributed by atoms with Crippen molar-refractivity contribution in [2.75, 3.05) is 6.54 Å². The van der Waals surface area contributed by atoms with Gasteiger partial charge in [0.15, 0.2) is 0 Å². The van der Waals surface area contributed by atoms with E-state index in [4.69, 9.17) is 11.8 Å². The van der Waals surface area contributed by atoms with Gasteiger partial charge in [0.25, 0.3) is 13.1 Å². The fourth-order valence-electron chi connectivity index (χ4n) is 0.199. The third-order valence-corrected chi connectivity index (χ3v) is 0.600. The van der Waals surface area contributed by atoms with Crippen molar-refractivity contribution in [1.29, 1.82) is 5.26 Å². The Bertz CT molecular complexity index is 115. The van der Waals surface area contributed by atoms with Crippen molar-refractivity contribution in [2.24, 2.45) is 5.92 Å². The van der Waals surface area contributed by atoms with Crippen molar-refractivity contribution in [3.05, 3.63) is 4.85 Å². The first kappa shape index (κ1) is 5.98. The van der Waals surface area contributed by atoms with E-state index in [9.17, 15) is 0 Å². The molecule has 36 valence electrons. The number of rotatable bonds is 1. The van der Waals surface area contributed by atoms with E-state index in [1.807, 2.05) is 6.07 Å². The summed E-state index contributed by atoms with van der Waals surface area (Å²) in [4.78, 5) is 3.28. The zero-order valence-corrected chi connectivity index (χ0v) is 4.26. The van der Waals surface area contributed by atoms with Crippen molar-refractivity contribution < 1.29 is 0 Å². The molecular formula is C5H7N2+. The highest BCUT2D eigenvalue weighted by Crippen LogP contribution is 1.89. The molecule has 0 heterocycles. The maximum Gasteiger partial charge on any atom is 0.278 e. The summed E-state index contributed by atoms with van der Waals surface area (Å²) >= 11 is 0. The lowest BCUT2D eigenvalue weighted by Crippen LogP contribution is -1.90. The Labute approximate surface area is 43.2 Å². The topological polar surface area (TPSA) is 28.1 Å². The lowest BCUT2D eigenvalue weighted by atomic mass is 10.2. The maximum atomic E-state index is 8.10. The van der Waals surface area contributed by atoms with Crippen LogP contribution < -0.4 is 0 Å². The minimum Gasteiger partial charge on any atom is -0.198 e. The Hall–Kier alpha value is -1.02. The Morgan fingerprint density at radius 1 is 2.00 bits per heavy atom. The van der Waals surface area contributed by atoms with Gasteiger partial charge in [0, 0.05) is 0 Å². The molecule has 7 heavy (non-hydrogen) atoms. The van der Waals surface area contributed by atoms with E-state index >= 15 is 0 Å². The molecule has 0 aliphatic carbocycles. The normalized spacial score (nSPS) is 11.3. The quantitative estimate of drug-likeness (QED) is 0.479. The van der Waals surface area contributed by atoms with Gasteiger partial charge in [-0.2, -0.15) is 5.26 Å². The van der Waals surface area contributed by atoms with Gasteiger partial charge in [0.2, 0.25) is 0 Å². The van der Waals surface area contributed by atoms with E-state index in [2.05, 4.69) is 4.85 Å². The van der Waals surface area contributed by atoms with Crippen LogP contribution in [0, 0.1) is 23.8 Å². The predicted molar refractivity (Wildman–Crippen MR) is 27.9 cm³/mol. The molecule has 0 spiro atoms. The van der Waals surface area contributed by atoms with E-state index < -0.39 is 0 Å². The molecule has 0 saturated carbocycles. The fourth-order valence-corrected chi connectivity index (χ4v) is 0.199. The van der Waals surface area contributed by atoms with Crippen molar-refractivity contribution in [3.8, 4) is 12.6 Å². The Kier molecular flexibility index (Phi) is 2.72. The first-order valence-corrected chi connectivity index (χ1v) is 2.07. The number of nitrogens with zero attached hydrogens (tertiary/aromatic N) is 2. The monoisotopic (exact) mass is 95.1 g/mol. The summed E-state index contributed by atoms with van der Waals surface area (Å²) in [5, 5.41) is 8.10. The molecule has 0 bridgehead atoms. The van der Waals surface area contributed by atoms with Crippen LogP contribution >= 0.6 is 0 Å². The van der Waals surface area contributed by atoms with Gasteiger partial charge in [-0.05, 0) is 6.92 Å². The molecule has 0 N–H and O–H groups in total. The molecule has 0 rings (SSSR count). The molecule has 0 radical (unpaired) electrons. The largest absolute Gasteiger partial charge is 0.278 e. The standard InChI is InChI=1S/C5H7N2/c1-5(3-6)4-7-2/h2,5H,4H2,1H3/q+1. The van der Waals surface area contributed by atoms with Crippen LogP contribution in [-0.2, 0) is 0 Å². The van der Waals surface area contributed by atoms with Crippen molar-refractivity contribution in [1.82, 2.24) is 0 Å². The van der Waals surface area contributed by atoms with E-state index in [1.165, 1.54) is 0 Å². The smallest absolute Gasteiger partial charge is 0.198 e. The lowest BCUT2D eigenvalue weighted by molar-refractivity contribution is 0.817. The van der Waals surface area contributed by atoms with E-state index in [-0.39, 0.29) is 5.92 Å². The molecule has 0 saturated heterocycles. The molecule has 0 fully saturated rings. The minimum absolute atomic E-state index is 0.0370. The van der Waals surface area contributed by atoms with Crippen molar-refractivity contribution in [2.45, 2.75) is 6.92 Å². The summed E-state index contributed by atoms with van der Waals surface area (Å²) in [5.74, 6) is -0.0370. The van der Waals surface area contributed by atoms with E-state index in [0.717, 1.165) is 0 Å². The van der Waals surface area contributed by atoms with Crippen LogP contribution in [0.2, 0.25) is 0 Å². The summed E-state index contributed by atoms with van der Waals surface area (Å²) in [6, 6.07) is 1.99. The molecule has 0 aromatic heterocycles. The van der Waals surface area contributed by atoms with Gasteiger partial charge in [-0.3, -0.25) is 0 Å². The Balaban J connectivity index is 3.27. The van der Waals surface area contributed by atoms with Crippen molar-refractivity contribution in [3.63, 3.8) is 0 Å². The zero-order chi connectivity index (χ0) is 5.70. The number of hydrogen-bond donors (Lipinski definition) is 0. The molecule has 0 aromatic rings. The van der Waals surface area contributed by atoms with Gasteiger partial charge in [-0.15, -0.1) is 0 Å². The highest BCUT2D eigenvalue weighted by Gasteiger charge is 2.01. The molecular weight excluding hydrogens is 88.1 g/mol. The fraction of sp³-hybridized carbons (Fsp3) is 0.600. The highest BCUT2D eigenvalue weighted by molar-refractivity contribution is 4.85. The zero-order valence-electron chi connectivity index (χ0n) is 4.26. The van der Waals surface area contributed by atoms with Crippen LogP contribution in [0.3, 0.4) is 0 Å². The molecule has 0 aromatic carbocycles. The number of hydrogen-bond acceptors (Lipinski definition) is 1. The second kappa shape index (κ2) is 3.18. The van der Waals surface area contributed by atoms with Crippen LogP contribution in [0.5, 0.6) is 0 Å². The van der Waals surface area contributed by atoms with Crippen molar-refractivity contribution >= 4 is 0 Å². The van der Waals surface area contributed by atoms with Crippen LogP contribution in [0.25, 0.3) is 4.85 Å². The minimum atomic E-state index is -0.0370. The van der Waals surface area contributed by atoms with Crippen LogP contribution in [-0.4, -0.2) is 6.54 Å². The van der Waals surface area contributed by atoms with Crippen LogP contribution in [0.4, 0.5) is 0 Å². The van der Waals surface area contributed by atoms with E-state index in [0.29, 0.717) is 6.54 Å². The second-order valence-electron chi connectivity index (χ2n) is 1.40. The highest BCUT2D eigenvalue weighted by atomic mass is 14.6. The Morgan fingerprint density at radius 2 is 2.57 bits per heavy atom. The molecule has 0 aliphatic rings. The Morgan fingerprint density at radius 3 is 2.71 bits per heavy atom. The first-order valence-electron chi connectivity index (χ1n) is 2.07. The maximum absolute atomic E-state index is 8.10. The van der Waals surface area contributed by atoms with Gasteiger partial charge in [0.1, 0.15) is 5.92 Å². The summed E-state index contributed by atoms with van der Waals surface area (Å²) < 4.78 is 0. The third kappa shape index (κ3) is 2.79. The summed E-state index contributed by atoms with van der Waals surface area (Å²) in [7, 11) is 0. The third-order valence-electron chi connectivity index (χ3n) is 0.600. The number of nitriles is 1. The molecule has 1 unspecified atom stereocenters. The second-order valence-corrected chi connectivity index (χ2v) is 1.40. The van der Waals surface area contributed by atoms with Crippen LogP contribution in [0.15, 0.2) is 0 Å². The lowest BCUT2D eigenvalue weighted by Gasteiger charge is -1.78. The van der Waals surface area contributed by atoms with Gasteiger partial charge in [0.05, 0.1) is 6.07 Å². The average molecular weight is 95.1 g/mol. The molecule has 2 nitrogen and oxygen atoms in total. The van der Waals surface area contributed by atoms with Gasteiger partial charge in [-0.1, -0.05) is 4.85 Å². The van der Waals surface area contributed by atoms with Gasteiger partial charge in [-0.25, -0.2) is 0 Å². The molecule has 2 heteroatoms. The van der Waals surface area contributed by atoms with Gasteiger partial charge >= 0.3 is 0 Å². The van der Waals surface area contributed by atoms with Gasteiger partial charge < -0.3 is 0 Å². The van der Waals surface area contributed by atoms with E-state index in [1.54, 1.807) is 6.92 Å². The van der Waals surface area contributed by atoms with Crippen LogP contribution in [0.1, 0.15) is 6.92 Å². The molecule has 0 aliphatic heterocycles. The summed E-state index contributed by atoms with van der Waals surface area (Å²) in [6.45, 7) is 6.99. The summed E-state index contributed by atoms with van der Waals surface area (Å²) in [6.07, 6.45) is 0. The molecule has 1 atom stereocenters. The molecule has 0 amide bonds. The summed E-state index contributed by atoms with van der Waals surface area (Å²) in [5.41, 5.74) is 0. The SMILES string of the molecule is C#[N+]CC(C)C#N.